The molecule has 0 amide bonds. The van der Waals surface area contributed by atoms with Gasteiger partial charge < -0.3 is 15.1 Å². The van der Waals surface area contributed by atoms with Crippen molar-refractivity contribution in [1.29, 1.82) is 0 Å². The fourth-order valence-electron chi connectivity index (χ4n) is 3.10. The molecule has 1 atom stereocenters. The van der Waals surface area contributed by atoms with Crippen LogP contribution in [0.2, 0.25) is 0 Å². The third-order valence-electron chi connectivity index (χ3n) is 5.14. The second-order valence-corrected chi connectivity index (χ2v) is 7.29. The summed E-state index contributed by atoms with van der Waals surface area (Å²) in [7, 11) is 4.44. The van der Waals surface area contributed by atoms with Crippen molar-refractivity contribution in [3.8, 4) is 0 Å². The Bertz CT molecular complexity index is 267. The lowest BCUT2D eigenvalue weighted by molar-refractivity contribution is 0.0978. The highest BCUT2D eigenvalue weighted by atomic mass is 15.2. The van der Waals surface area contributed by atoms with Crippen molar-refractivity contribution in [2.24, 2.45) is 5.41 Å². The summed E-state index contributed by atoms with van der Waals surface area (Å²) in [6, 6.07) is 1.64. The van der Waals surface area contributed by atoms with E-state index >= 15 is 0 Å². The minimum absolute atomic E-state index is 0.452. The van der Waals surface area contributed by atoms with Gasteiger partial charge in [-0.25, -0.2) is 0 Å². The first-order valence-corrected chi connectivity index (χ1v) is 8.14. The molecular weight excluding hydrogens is 234 g/mol. The Morgan fingerprint density at radius 2 is 1.79 bits per heavy atom. The molecule has 19 heavy (non-hydrogen) atoms. The van der Waals surface area contributed by atoms with Crippen LogP contribution in [0, 0.1) is 5.41 Å². The number of likely N-dealkylation sites (tertiary alicyclic amines) is 1. The molecule has 3 nitrogen and oxygen atoms in total. The zero-order valence-corrected chi connectivity index (χ0v) is 13.4. The van der Waals surface area contributed by atoms with Crippen LogP contribution in [0.1, 0.15) is 46.0 Å². The van der Waals surface area contributed by atoms with Crippen molar-refractivity contribution in [2.45, 2.75) is 58.0 Å². The molecule has 0 bridgehead atoms. The smallest absolute Gasteiger partial charge is 0.0113 e. The predicted molar refractivity (Wildman–Crippen MR) is 82.6 cm³/mol. The summed E-state index contributed by atoms with van der Waals surface area (Å²) < 4.78 is 0. The molecule has 1 unspecified atom stereocenters. The Balaban J connectivity index is 1.74. The first kappa shape index (κ1) is 15.3. The molecule has 1 saturated carbocycles. The molecule has 1 aliphatic heterocycles. The molecule has 112 valence electrons. The lowest BCUT2D eigenvalue weighted by atomic mass is 9.86. The largest absolute Gasteiger partial charge is 0.313 e. The second kappa shape index (κ2) is 6.55. The molecule has 2 rings (SSSR count). The third-order valence-corrected chi connectivity index (χ3v) is 5.14. The van der Waals surface area contributed by atoms with Gasteiger partial charge in [0.2, 0.25) is 0 Å². The summed E-state index contributed by atoms with van der Waals surface area (Å²) in [6.07, 6.45) is 6.74. The van der Waals surface area contributed by atoms with Gasteiger partial charge in [-0.05, 0) is 64.7 Å². The van der Waals surface area contributed by atoms with E-state index < -0.39 is 0 Å². The maximum Gasteiger partial charge on any atom is 0.0113 e. The van der Waals surface area contributed by atoms with Crippen molar-refractivity contribution in [3.63, 3.8) is 0 Å². The summed E-state index contributed by atoms with van der Waals surface area (Å²) in [6.45, 7) is 9.83. The molecule has 0 aromatic heterocycles. The number of hydrogen-bond acceptors (Lipinski definition) is 3. The molecule has 1 aliphatic carbocycles. The van der Waals surface area contributed by atoms with E-state index in [-0.39, 0.29) is 0 Å². The topological polar surface area (TPSA) is 18.5 Å². The van der Waals surface area contributed by atoms with E-state index in [2.05, 4.69) is 43.1 Å². The van der Waals surface area contributed by atoms with Gasteiger partial charge in [0.1, 0.15) is 0 Å². The van der Waals surface area contributed by atoms with Crippen LogP contribution in [0.5, 0.6) is 0 Å². The normalized spacial score (nSPS) is 25.7. The van der Waals surface area contributed by atoms with Crippen molar-refractivity contribution >= 4 is 0 Å². The van der Waals surface area contributed by atoms with Crippen LogP contribution in [0.4, 0.5) is 0 Å². The molecule has 1 N–H and O–H groups in total. The van der Waals surface area contributed by atoms with Gasteiger partial charge in [-0.3, -0.25) is 0 Å². The Morgan fingerprint density at radius 1 is 1.16 bits per heavy atom. The maximum atomic E-state index is 3.73. The lowest BCUT2D eigenvalue weighted by Crippen LogP contribution is -2.48. The molecule has 1 saturated heterocycles. The number of piperidine rings is 1. The number of nitrogens with one attached hydrogen (secondary N) is 1. The first-order chi connectivity index (χ1) is 9.02. The minimum Gasteiger partial charge on any atom is -0.313 e. The summed E-state index contributed by atoms with van der Waals surface area (Å²) >= 11 is 0. The molecule has 0 radical (unpaired) electrons. The van der Waals surface area contributed by atoms with Crippen LogP contribution in [0.3, 0.4) is 0 Å². The van der Waals surface area contributed by atoms with Crippen LogP contribution in [0.15, 0.2) is 0 Å². The van der Waals surface area contributed by atoms with Gasteiger partial charge in [0.15, 0.2) is 0 Å². The molecule has 2 fully saturated rings. The molecular formula is C16H33N3. The molecule has 1 heterocycles. The van der Waals surface area contributed by atoms with Gasteiger partial charge in [-0.1, -0.05) is 13.8 Å². The van der Waals surface area contributed by atoms with Gasteiger partial charge in [0, 0.05) is 25.2 Å². The van der Waals surface area contributed by atoms with E-state index in [1.807, 2.05) is 0 Å². The fraction of sp³-hybridized carbons (Fsp3) is 1.00. The second-order valence-electron chi connectivity index (χ2n) is 7.29. The molecule has 0 aromatic rings. The summed E-state index contributed by atoms with van der Waals surface area (Å²) in [5.41, 5.74) is 0.452. The van der Waals surface area contributed by atoms with Crippen LogP contribution in [-0.4, -0.2) is 62.2 Å². The Labute approximate surface area is 119 Å². The average Bonchev–Trinajstić information content (AvgIpc) is 3.21. The van der Waals surface area contributed by atoms with Crippen LogP contribution in [-0.2, 0) is 0 Å². The van der Waals surface area contributed by atoms with E-state index in [4.69, 9.17) is 0 Å². The summed E-state index contributed by atoms with van der Waals surface area (Å²) in [5.74, 6) is 0. The zero-order valence-electron chi connectivity index (χ0n) is 13.4. The van der Waals surface area contributed by atoms with E-state index in [1.165, 1.54) is 58.3 Å². The highest BCUT2D eigenvalue weighted by Crippen LogP contribution is 2.27. The Hall–Kier alpha value is -0.120. The molecule has 3 heteroatoms. The van der Waals surface area contributed by atoms with E-state index in [9.17, 15) is 0 Å². The van der Waals surface area contributed by atoms with E-state index in [0.29, 0.717) is 5.41 Å². The highest BCUT2D eigenvalue weighted by molar-refractivity contribution is 4.88. The van der Waals surface area contributed by atoms with E-state index in [0.717, 1.165) is 12.1 Å². The molecule has 0 aromatic carbocycles. The number of hydrogen-bond donors (Lipinski definition) is 1. The number of rotatable bonds is 7. The van der Waals surface area contributed by atoms with E-state index in [1.54, 1.807) is 0 Å². The lowest BCUT2D eigenvalue weighted by Gasteiger charge is -2.40. The fourth-order valence-corrected chi connectivity index (χ4v) is 3.10. The average molecular weight is 267 g/mol. The predicted octanol–water partition coefficient (Wildman–Crippen LogP) is 2.18. The van der Waals surface area contributed by atoms with Crippen molar-refractivity contribution in [2.75, 3.05) is 40.3 Å². The first-order valence-electron chi connectivity index (χ1n) is 8.14. The molecule has 2 aliphatic rings. The number of nitrogens with zero attached hydrogens (tertiary/aromatic N) is 2. The monoisotopic (exact) mass is 267 g/mol. The van der Waals surface area contributed by atoms with Crippen LogP contribution < -0.4 is 5.32 Å². The highest BCUT2D eigenvalue weighted by Gasteiger charge is 2.30. The Morgan fingerprint density at radius 3 is 2.26 bits per heavy atom. The maximum absolute atomic E-state index is 3.73. The van der Waals surface area contributed by atoms with Crippen molar-refractivity contribution in [3.05, 3.63) is 0 Å². The quantitative estimate of drug-likeness (QED) is 0.763. The zero-order chi connectivity index (χ0) is 13.9. The SMILES string of the molecule is CCC(C)(CNC1CC1)CN1CCC(N(C)C)CC1. The minimum atomic E-state index is 0.452. The van der Waals surface area contributed by atoms with Crippen molar-refractivity contribution < 1.29 is 0 Å². The van der Waals surface area contributed by atoms with Gasteiger partial charge in [-0.2, -0.15) is 0 Å². The Kier molecular flexibility index (Phi) is 5.27. The summed E-state index contributed by atoms with van der Waals surface area (Å²) in [4.78, 5) is 5.09. The standard InChI is InChI=1S/C16H33N3/c1-5-16(2,12-17-14-6-7-14)13-19-10-8-15(9-11-19)18(3)4/h14-15,17H,5-13H2,1-4H3. The van der Waals surface area contributed by atoms with Gasteiger partial charge in [-0.15, -0.1) is 0 Å². The summed E-state index contributed by atoms with van der Waals surface area (Å²) in [5, 5.41) is 3.73. The third kappa shape index (κ3) is 4.73. The molecule has 0 spiro atoms. The van der Waals surface area contributed by atoms with Crippen LogP contribution in [0.25, 0.3) is 0 Å². The van der Waals surface area contributed by atoms with Gasteiger partial charge in [0.05, 0.1) is 0 Å². The van der Waals surface area contributed by atoms with Crippen molar-refractivity contribution in [1.82, 2.24) is 15.1 Å². The van der Waals surface area contributed by atoms with Crippen LogP contribution >= 0.6 is 0 Å². The van der Waals surface area contributed by atoms with Gasteiger partial charge >= 0.3 is 0 Å². The van der Waals surface area contributed by atoms with Gasteiger partial charge in [0.25, 0.3) is 0 Å².